The SMILES string of the molecule is [CH2-]OCC(=O)O.[CH2-]OCC(=O)OCCCC.[Rf].[Rf]. The number of hydrogen-bond donors (Lipinski definition) is 1. The number of rotatable bonds is 7. The monoisotopic (exact) mass is 768 g/mol. The number of carbonyl (C=O) groups is 2. The molecule has 0 aromatic heterocycles. The van der Waals surface area contributed by atoms with Gasteiger partial charge in [0.2, 0.25) is 0 Å². The molecule has 0 bridgehead atoms. The molecule has 18 heavy (non-hydrogen) atoms. The molecule has 0 amide bonds. The standard InChI is InChI=1S/C7H13O3.C3H5O3.2Rf/c1-3-4-5-10-7(8)6-9-2;1-6-2-3(4)5;;/h2-6H2,1H3;1-2H2,(H,4,5);;/q2*-1;;. The summed E-state index contributed by atoms with van der Waals surface area (Å²) < 4.78 is 13.0. The van der Waals surface area contributed by atoms with Crippen molar-refractivity contribution in [2.24, 2.45) is 0 Å². The molecule has 0 aliphatic carbocycles. The van der Waals surface area contributed by atoms with Gasteiger partial charge in [0.05, 0.1) is 6.61 Å². The van der Waals surface area contributed by atoms with Gasteiger partial charge in [0.15, 0.2) is 0 Å². The van der Waals surface area contributed by atoms with Gasteiger partial charge < -0.3 is 19.3 Å². The average molecular weight is 768 g/mol. The number of esters is 1. The Balaban J connectivity index is -0.000000108. The molecule has 0 unspecified atom stereocenters. The summed E-state index contributed by atoms with van der Waals surface area (Å²) in [7, 11) is 5.90. The summed E-state index contributed by atoms with van der Waals surface area (Å²) in [5, 5.41) is 7.75. The molecular formula is C10H18O6Rf2-2. The van der Waals surface area contributed by atoms with Crippen LogP contribution >= 0.6 is 0 Å². The van der Waals surface area contributed by atoms with E-state index >= 15 is 0 Å². The number of carbonyl (C=O) groups excluding carboxylic acids is 1. The Morgan fingerprint density at radius 2 is 1.61 bits per heavy atom. The van der Waals surface area contributed by atoms with Crippen LogP contribution in [0.25, 0.3) is 0 Å². The Bertz CT molecular complexity index is 189. The maximum Gasteiger partial charge on any atom is 0.329 e. The second kappa shape index (κ2) is 19.4. The minimum absolute atomic E-state index is 0. The van der Waals surface area contributed by atoms with E-state index in [1.165, 1.54) is 0 Å². The van der Waals surface area contributed by atoms with Crippen molar-refractivity contribution in [2.75, 3.05) is 19.8 Å². The Hall–Kier alpha value is -3.14. The van der Waals surface area contributed by atoms with Crippen molar-refractivity contribution >= 4 is 11.9 Å². The van der Waals surface area contributed by atoms with E-state index in [-0.39, 0.29) is 19.2 Å². The summed E-state index contributed by atoms with van der Waals surface area (Å²) in [6.07, 6.45) is 1.93. The molecule has 8 heteroatoms. The van der Waals surface area contributed by atoms with Crippen molar-refractivity contribution in [3.63, 3.8) is 0 Å². The molecule has 0 aromatic rings. The Morgan fingerprint density at radius 3 is 1.89 bits per heavy atom. The summed E-state index contributed by atoms with van der Waals surface area (Å²) in [5.74, 6) is -1.34. The smallest absolute Gasteiger partial charge is 0.329 e. The summed E-state index contributed by atoms with van der Waals surface area (Å²) >= 11 is 0. The molecule has 0 aliphatic rings. The van der Waals surface area contributed by atoms with E-state index in [1.807, 2.05) is 6.92 Å². The number of hydrogen-bond acceptors (Lipinski definition) is 5. The normalized spacial score (nSPS) is 7.94. The fourth-order valence-electron chi connectivity index (χ4n) is 0.543. The van der Waals surface area contributed by atoms with E-state index in [1.54, 1.807) is 0 Å². The van der Waals surface area contributed by atoms with Crippen molar-refractivity contribution in [3.8, 4) is 0 Å². The molecular weight excluding hydrogens is 750 g/mol. The maximum atomic E-state index is 10.5. The molecule has 0 saturated heterocycles. The van der Waals surface area contributed by atoms with Gasteiger partial charge in [-0.2, -0.15) is 0 Å². The predicted molar refractivity (Wildman–Crippen MR) is 56.1 cm³/mol. The minimum atomic E-state index is -0.995. The molecule has 0 heterocycles. The first kappa shape index (κ1) is 24.2. The molecule has 0 saturated carbocycles. The summed E-state index contributed by atoms with van der Waals surface area (Å²) in [6.45, 7) is 2.15. The molecule has 0 aromatic carbocycles. The van der Waals surface area contributed by atoms with Crippen molar-refractivity contribution in [1.29, 1.82) is 0 Å². The van der Waals surface area contributed by atoms with Crippen molar-refractivity contribution in [3.05, 3.63) is 14.2 Å². The van der Waals surface area contributed by atoms with Crippen LogP contribution in [0.5, 0.6) is 0 Å². The quantitative estimate of drug-likeness (QED) is 0.237. The van der Waals surface area contributed by atoms with Crippen molar-refractivity contribution in [1.82, 2.24) is 0 Å². The molecule has 6 nitrogen and oxygen atoms in total. The zero-order chi connectivity index (χ0) is 12.8. The average Bonchev–Trinajstić information content (AvgIpc) is 2.19. The first-order chi connectivity index (χ1) is 7.58. The third-order valence-electron chi connectivity index (χ3n) is 1.21. The molecule has 0 atom stereocenters. The van der Waals surface area contributed by atoms with E-state index in [0.29, 0.717) is 6.61 Å². The molecule has 0 aliphatic heterocycles. The van der Waals surface area contributed by atoms with Crippen LogP contribution in [0.1, 0.15) is 19.8 Å². The van der Waals surface area contributed by atoms with E-state index in [9.17, 15) is 9.59 Å². The Kier molecular flexibility index (Phi) is 26.1. The van der Waals surface area contributed by atoms with Crippen LogP contribution in [-0.4, -0.2) is 36.9 Å². The molecule has 0 spiro atoms. The van der Waals surface area contributed by atoms with Crippen LogP contribution < -0.4 is 0 Å². The second-order valence-corrected chi connectivity index (χ2v) is 2.66. The van der Waals surface area contributed by atoms with Crippen molar-refractivity contribution in [2.45, 2.75) is 19.8 Å². The Labute approximate surface area is 95.5 Å². The summed E-state index contributed by atoms with van der Waals surface area (Å²) in [4.78, 5) is 20.0. The number of carboxylic acid groups (broad SMARTS) is 1. The zero-order valence-corrected chi connectivity index (χ0v) is 23.7. The molecule has 100 valence electrons. The van der Waals surface area contributed by atoms with Gasteiger partial charge in [0, 0.05) is 0 Å². The number of carboxylic acids is 1. The van der Waals surface area contributed by atoms with Gasteiger partial charge in [-0.05, 0) is 6.42 Å². The van der Waals surface area contributed by atoms with Gasteiger partial charge in [-0.1, -0.05) is 13.3 Å². The summed E-state index contributed by atoms with van der Waals surface area (Å²) in [6, 6.07) is 0. The van der Waals surface area contributed by atoms with E-state index in [4.69, 9.17) is 9.84 Å². The van der Waals surface area contributed by atoms with E-state index < -0.39 is 5.97 Å². The van der Waals surface area contributed by atoms with Gasteiger partial charge in [0.1, 0.15) is 13.2 Å². The van der Waals surface area contributed by atoms with Gasteiger partial charge in [-0.3, -0.25) is 0 Å². The number of ether oxygens (including phenoxy) is 3. The Morgan fingerprint density at radius 1 is 1.11 bits per heavy atom. The topological polar surface area (TPSA) is 82.1 Å². The molecule has 0 fully saturated rings. The van der Waals surface area contributed by atoms with Gasteiger partial charge in [-0.25, -0.2) is 23.8 Å². The van der Waals surface area contributed by atoms with Crippen LogP contribution in [0, 0.1) is 14.2 Å². The maximum absolute atomic E-state index is 10.5. The summed E-state index contributed by atoms with van der Waals surface area (Å²) in [5.41, 5.74) is 0. The predicted octanol–water partition coefficient (Wildman–Crippen LogP) is 1.02. The zero-order valence-electron chi connectivity index (χ0n) is 10.9. The third kappa shape index (κ3) is 29.3. The van der Waals surface area contributed by atoms with Crippen LogP contribution in [0.2, 0.25) is 0 Å². The van der Waals surface area contributed by atoms with Crippen LogP contribution in [0.4, 0.5) is 0 Å². The molecule has 0 radical (unpaired) electrons. The number of aliphatic carboxylic acids is 1. The van der Waals surface area contributed by atoms with Gasteiger partial charge >= 0.3 is 11.9 Å². The van der Waals surface area contributed by atoms with Gasteiger partial charge in [0.25, 0.3) is 0 Å². The fourth-order valence-corrected chi connectivity index (χ4v) is 0.543. The van der Waals surface area contributed by atoms with Crippen molar-refractivity contribution < 1.29 is 28.9 Å². The largest absolute Gasteiger partial charge is 0.547 e. The molecule has 0 rings (SSSR count). The van der Waals surface area contributed by atoms with E-state index in [0.717, 1.165) is 12.8 Å². The third-order valence-corrected chi connectivity index (χ3v) is 1.21. The number of unbranched alkanes of at least 4 members (excludes halogenated alkanes) is 1. The van der Waals surface area contributed by atoms with Crippen LogP contribution in [-0.2, 0) is 23.8 Å². The first-order valence-corrected chi connectivity index (χ1v) is 4.69. The second-order valence-electron chi connectivity index (χ2n) is 2.66. The van der Waals surface area contributed by atoms with Crippen LogP contribution in [0.3, 0.4) is 0 Å². The molecule has 1 N–H and O–H groups in total. The fraction of sp³-hybridized carbons (Fsp3) is 0.600. The minimum Gasteiger partial charge on any atom is -0.547 e. The first-order valence-electron chi connectivity index (χ1n) is 4.69. The van der Waals surface area contributed by atoms with E-state index in [2.05, 4.69) is 23.7 Å². The van der Waals surface area contributed by atoms with Gasteiger partial charge in [-0.15, -0.1) is 0 Å². The van der Waals surface area contributed by atoms with Crippen LogP contribution in [0.15, 0.2) is 0 Å².